The van der Waals surface area contributed by atoms with Gasteiger partial charge in [-0.3, -0.25) is 0 Å². The van der Waals surface area contributed by atoms with Crippen molar-refractivity contribution in [3.63, 3.8) is 0 Å². The van der Waals surface area contributed by atoms with Gasteiger partial charge in [0.25, 0.3) is 0 Å². The van der Waals surface area contributed by atoms with Crippen molar-refractivity contribution in [1.29, 1.82) is 0 Å². The Morgan fingerprint density at radius 2 is 2.10 bits per heavy atom. The molecule has 0 aliphatic heterocycles. The summed E-state index contributed by atoms with van der Waals surface area (Å²) in [6.07, 6.45) is 8.05. The SMILES string of the molecule is CC1CCC[CH]C(C)(C)C1. The van der Waals surface area contributed by atoms with E-state index in [1.807, 2.05) is 0 Å². The first-order chi connectivity index (χ1) is 4.60. The molecule has 0 aromatic rings. The smallest absolute Gasteiger partial charge is 0.0321 e. The van der Waals surface area contributed by atoms with Crippen LogP contribution in [0.5, 0.6) is 0 Å². The third kappa shape index (κ3) is 2.32. The highest BCUT2D eigenvalue weighted by molar-refractivity contribution is 4.88. The zero-order valence-electron chi connectivity index (χ0n) is 7.48. The number of hydrogen-bond donors (Lipinski definition) is 0. The lowest BCUT2D eigenvalue weighted by atomic mass is 9.82. The van der Waals surface area contributed by atoms with Crippen molar-refractivity contribution < 1.29 is 0 Å². The Bertz CT molecular complexity index is 103. The highest BCUT2D eigenvalue weighted by Crippen LogP contribution is 2.35. The van der Waals surface area contributed by atoms with Crippen LogP contribution in [0.3, 0.4) is 0 Å². The molecule has 0 heteroatoms. The predicted molar refractivity (Wildman–Crippen MR) is 45.7 cm³/mol. The molecule has 1 aliphatic carbocycles. The number of hydrogen-bond acceptors (Lipinski definition) is 0. The Morgan fingerprint density at radius 3 is 2.80 bits per heavy atom. The van der Waals surface area contributed by atoms with Crippen molar-refractivity contribution in [3.05, 3.63) is 6.42 Å². The predicted octanol–water partition coefficient (Wildman–Crippen LogP) is 3.43. The van der Waals surface area contributed by atoms with E-state index in [1.165, 1.54) is 25.7 Å². The maximum atomic E-state index is 2.50. The Morgan fingerprint density at radius 1 is 1.40 bits per heavy atom. The van der Waals surface area contributed by atoms with E-state index in [0.717, 1.165) is 5.92 Å². The van der Waals surface area contributed by atoms with Crippen molar-refractivity contribution in [2.45, 2.75) is 46.5 Å². The maximum Gasteiger partial charge on any atom is -0.0321 e. The lowest BCUT2D eigenvalue weighted by molar-refractivity contribution is 0.334. The molecule has 0 heterocycles. The fourth-order valence-corrected chi connectivity index (χ4v) is 2.04. The summed E-state index contributed by atoms with van der Waals surface area (Å²) in [5.41, 5.74) is 0.510. The van der Waals surface area contributed by atoms with Crippen LogP contribution in [0.25, 0.3) is 0 Å². The molecule has 0 spiro atoms. The van der Waals surface area contributed by atoms with Crippen molar-refractivity contribution in [2.75, 3.05) is 0 Å². The van der Waals surface area contributed by atoms with Gasteiger partial charge in [0, 0.05) is 0 Å². The minimum Gasteiger partial charge on any atom is -0.0625 e. The molecule has 1 fully saturated rings. The second kappa shape index (κ2) is 2.94. The monoisotopic (exact) mass is 139 g/mol. The Balaban J connectivity index is 2.46. The number of rotatable bonds is 0. The summed E-state index contributed by atoms with van der Waals surface area (Å²) in [4.78, 5) is 0. The van der Waals surface area contributed by atoms with Crippen molar-refractivity contribution in [1.82, 2.24) is 0 Å². The van der Waals surface area contributed by atoms with Gasteiger partial charge in [-0.25, -0.2) is 0 Å². The molecule has 0 aromatic carbocycles. The van der Waals surface area contributed by atoms with Gasteiger partial charge < -0.3 is 0 Å². The summed E-state index contributed by atoms with van der Waals surface area (Å²) in [6, 6.07) is 0. The molecule has 0 amide bonds. The van der Waals surface area contributed by atoms with Gasteiger partial charge in [0.1, 0.15) is 0 Å². The van der Waals surface area contributed by atoms with Crippen LogP contribution in [0, 0.1) is 17.8 Å². The van der Waals surface area contributed by atoms with Crippen LogP contribution in [0.1, 0.15) is 46.5 Å². The van der Waals surface area contributed by atoms with E-state index < -0.39 is 0 Å². The Labute approximate surface area is 65.0 Å². The zero-order valence-corrected chi connectivity index (χ0v) is 7.48. The van der Waals surface area contributed by atoms with Crippen LogP contribution in [0.4, 0.5) is 0 Å². The second-order valence-corrected chi connectivity index (χ2v) is 4.43. The van der Waals surface area contributed by atoms with E-state index in [2.05, 4.69) is 27.2 Å². The van der Waals surface area contributed by atoms with Crippen LogP contribution >= 0.6 is 0 Å². The first-order valence-electron chi connectivity index (χ1n) is 4.44. The van der Waals surface area contributed by atoms with Gasteiger partial charge >= 0.3 is 0 Å². The molecule has 0 N–H and O–H groups in total. The fraction of sp³-hybridized carbons (Fsp3) is 0.900. The first-order valence-corrected chi connectivity index (χ1v) is 4.44. The molecule has 0 aromatic heterocycles. The molecule has 1 rings (SSSR count). The first kappa shape index (κ1) is 8.10. The van der Waals surface area contributed by atoms with Crippen molar-refractivity contribution >= 4 is 0 Å². The van der Waals surface area contributed by atoms with Gasteiger partial charge in [-0.05, 0) is 30.6 Å². The lowest BCUT2D eigenvalue weighted by Crippen LogP contribution is -2.13. The highest BCUT2D eigenvalue weighted by Gasteiger charge is 2.23. The van der Waals surface area contributed by atoms with Gasteiger partial charge in [0.05, 0.1) is 0 Å². The Hall–Kier alpha value is 0. The average molecular weight is 139 g/mol. The van der Waals surface area contributed by atoms with Crippen molar-refractivity contribution in [3.8, 4) is 0 Å². The molecule has 1 radical (unpaired) electrons. The summed E-state index contributed by atoms with van der Waals surface area (Å²) >= 11 is 0. The summed E-state index contributed by atoms with van der Waals surface area (Å²) < 4.78 is 0. The van der Waals surface area contributed by atoms with E-state index >= 15 is 0 Å². The molecule has 10 heavy (non-hydrogen) atoms. The molecular weight excluding hydrogens is 120 g/mol. The van der Waals surface area contributed by atoms with E-state index in [4.69, 9.17) is 0 Å². The fourth-order valence-electron chi connectivity index (χ4n) is 2.04. The molecule has 59 valence electrons. The molecule has 0 saturated heterocycles. The van der Waals surface area contributed by atoms with Crippen LogP contribution in [0.2, 0.25) is 0 Å². The van der Waals surface area contributed by atoms with Gasteiger partial charge in [-0.2, -0.15) is 0 Å². The third-order valence-electron chi connectivity index (χ3n) is 2.47. The van der Waals surface area contributed by atoms with Gasteiger partial charge in [0.15, 0.2) is 0 Å². The third-order valence-corrected chi connectivity index (χ3v) is 2.47. The van der Waals surface area contributed by atoms with E-state index in [-0.39, 0.29) is 0 Å². The lowest BCUT2D eigenvalue weighted by Gasteiger charge is -2.23. The normalized spacial score (nSPS) is 33.3. The molecule has 0 nitrogen and oxygen atoms in total. The Kier molecular flexibility index (Phi) is 2.38. The minimum atomic E-state index is 0.510. The standard InChI is InChI=1S/C10H19/c1-9-6-4-5-7-10(2,3)8-9/h7,9H,4-6,8H2,1-3H3. The van der Waals surface area contributed by atoms with Gasteiger partial charge in [0.2, 0.25) is 0 Å². The molecule has 1 unspecified atom stereocenters. The molecule has 1 atom stereocenters. The van der Waals surface area contributed by atoms with Gasteiger partial charge in [-0.15, -0.1) is 0 Å². The van der Waals surface area contributed by atoms with Crippen molar-refractivity contribution in [2.24, 2.45) is 11.3 Å². The van der Waals surface area contributed by atoms with Crippen LogP contribution in [0.15, 0.2) is 0 Å². The summed E-state index contributed by atoms with van der Waals surface area (Å²) in [6.45, 7) is 7.09. The summed E-state index contributed by atoms with van der Waals surface area (Å²) in [5, 5.41) is 0. The second-order valence-electron chi connectivity index (χ2n) is 4.43. The molecule has 1 aliphatic rings. The minimum absolute atomic E-state index is 0.510. The quantitative estimate of drug-likeness (QED) is 0.451. The van der Waals surface area contributed by atoms with E-state index in [9.17, 15) is 0 Å². The average Bonchev–Trinajstić information content (AvgIpc) is 1.90. The largest absolute Gasteiger partial charge is 0.0625 e. The van der Waals surface area contributed by atoms with Crippen LogP contribution < -0.4 is 0 Å². The van der Waals surface area contributed by atoms with Gasteiger partial charge in [-0.1, -0.05) is 33.6 Å². The van der Waals surface area contributed by atoms with E-state index in [1.54, 1.807) is 0 Å². The summed E-state index contributed by atoms with van der Waals surface area (Å²) in [7, 11) is 0. The molecule has 0 bridgehead atoms. The summed E-state index contributed by atoms with van der Waals surface area (Å²) in [5.74, 6) is 0.939. The van der Waals surface area contributed by atoms with Crippen LogP contribution in [-0.2, 0) is 0 Å². The maximum absolute atomic E-state index is 2.50. The zero-order chi connectivity index (χ0) is 7.61. The highest BCUT2D eigenvalue weighted by atomic mass is 14.3. The molecular formula is C10H19. The molecule has 1 saturated carbocycles. The van der Waals surface area contributed by atoms with Crippen LogP contribution in [-0.4, -0.2) is 0 Å². The van der Waals surface area contributed by atoms with E-state index in [0.29, 0.717) is 5.41 Å². The topological polar surface area (TPSA) is 0 Å².